The maximum Gasteiger partial charge on any atom is 0.125 e. The Morgan fingerprint density at radius 3 is 3.00 bits per heavy atom. The van der Waals surface area contributed by atoms with Crippen molar-refractivity contribution >= 4 is 5.69 Å². The molecule has 2 rings (SSSR count). The smallest absolute Gasteiger partial charge is 0.125 e. The summed E-state index contributed by atoms with van der Waals surface area (Å²) in [7, 11) is 0. The molecule has 3 heteroatoms. The molecule has 2 nitrogen and oxygen atoms in total. The molecule has 0 fully saturated rings. The number of hydrogen-bond acceptors (Lipinski definition) is 2. The Morgan fingerprint density at radius 1 is 1.35 bits per heavy atom. The molecule has 0 saturated carbocycles. The van der Waals surface area contributed by atoms with Crippen molar-refractivity contribution in [3.8, 4) is 0 Å². The quantitative estimate of drug-likeness (QED) is 0.729. The van der Waals surface area contributed by atoms with Crippen molar-refractivity contribution in [2.75, 3.05) is 24.5 Å². The summed E-state index contributed by atoms with van der Waals surface area (Å²) >= 11 is 0. The molecule has 0 saturated heterocycles. The fourth-order valence-electron chi connectivity index (χ4n) is 2.90. The maximum atomic E-state index is 13.3. The Balaban J connectivity index is 1.70. The van der Waals surface area contributed by atoms with E-state index >= 15 is 0 Å². The number of rotatable bonds is 8. The van der Waals surface area contributed by atoms with Gasteiger partial charge in [-0.05, 0) is 56.8 Å². The van der Waals surface area contributed by atoms with Gasteiger partial charge in [0, 0.05) is 24.8 Å². The number of nitrogens with zero attached hydrogens (tertiary/aromatic N) is 1. The molecule has 0 aliphatic carbocycles. The van der Waals surface area contributed by atoms with Gasteiger partial charge in [0.15, 0.2) is 0 Å². The second-order valence-corrected chi connectivity index (χ2v) is 5.86. The van der Waals surface area contributed by atoms with Gasteiger partial charge in [0.05, 0.1) is 0 Å². The molecule has 0 radical (unpaired) electrons. The molecule has 20 heavy (non-hydrogen) atoms. The van der Waals surface area contributed by atoms with Gasteiger partial charge in [-0.1, -0.05) is 19.4 Å². The van der Waals surface area contributed by atoms with Crippen molar-refractivity contribution in [3.05, 3.63) is 29.6 Å². The number of hydrogen-bond donors (Lipinski definition) is 1. The normalized spacial score (nSPS) is 15.4. The van der Waals surface area contributed by atoms with Crippen LogP contribution in [0.1, 0.15) is 45.1 Å². The van der Waals surface area contributed by atoms with E-state index in [2.05, 4.69) is 24.1 Å². The first kappa shape index (κ1) is 15.3. The molecule has 0 amide bonds. The van der Waals surface area contributed by atoms with Crippen molar-refractivity contribution in [1.29, 1.82) is 0 Å². The van der Waals surface area contributed by atoms with Gasteiger partial charge >= 0.3 is 0 Å². The minimum absolute atomic E-state index is 0.118. The zero-order valence-electron chi connectivity index (χ0n) is 12.8. The third kappa shape index (κ3) is 4.20. The van der Waals surface area contributed by atoms with Crippen LogP contribution in [0.4, 0.5) is 10.1 Å². The Labute approximate surface area is 122 Å². The Bertz CT molecular complexity index is 419. The van der Waals surface area contributed by atoms with Crippen molar-refractivity contribution in [2.24, 2.45) is 0 Å². The highest BCUT2D eigenvalue weighted by atomic mass is 19.1. The second-order valence-electron chi connectivity index (χ2n) is 5.86. The molecule has 112 valence electrons. The fourth-order valence-corrected chi connectivity index (χ4v) is 2.90. The summed E-state index contributed by atoms with van der Waals surface area (Å²) in [4.78, 5) is 2.34. The van der Waals surface area contributed by atoms with E-state index in [1.807, 2.05) is 6.07 Å². The number of halogens is 1. The minimum atomic E-state index is -0.118. The van der Waals surface area contributed by atoms with E-state index < -0.39 is 0 Å². The van der Waals surface area contributed by atoms with E-state index in [4.69, 9.17) is 0 Å². The van der Waals surface area contributed by atoms with Gasteiger partial charge in [0.1, 0.15) is 5.82 Å². The molecule has 1 heterocycles. The Hall–Kier alpha value is -1.09. The van der Waals surface area contributed by atoms with Crippen molar-refractivity contribution in [2.45, 2.75) is 52.0 Å². The first-order valence-electron chi connectivity index (χ1n) is 7.97. The largest absolute Gasteiger partial charge is 0.371 e. The number of fused-ring (bicyclic) bond motifs is 1. The summed E-state index contributed by atoms with van der Waals surface area (Å²) in [5.74, 6) is -0.118. The molecule has 1 aromatic carbocycles. The van der Waals surface area contributed by atoms with Gasteiger partial charge in [-0.2, -0.15) is 0 Å². The third-order valence-corrected chi connectivity index (χ3v) is 4.10. The number of anilines is 1. The number of unbranched alkanes of at least 4 members (excludes halogenated alkanes) is 1. The van der Waals surface area contributed by atoms with Crippen LogP contribution in [-0.4, -0.2) is 25.7 Å². The van der Waals surface area contributed by atoms with Gasteiger partial charge < -0.3 is 10.2 Å². The molecule has 1 aliphatic rings. The molecule has 0 spiro atoms. The topological polar surface area (TPSA) is 15.3 Å². The fraction of sp³-hybridized carbons (Fsp3) is 0.647. The molecule has 1 aliphatic heterocycles. The van der Waals surface area contributed by atoms with Crippen LogP contribution in [-0.2, 0) is 6.42 Å². The number of benzene rings is 1. The summed E-state index contributed by atoms with van der Waals surface area (Å²) in [5.41, 5.74) is 2.41. The molecule has 1 unspecified atom stereocenters. The van der Waals surface area contributed by atoms with E-state index in [0.717, 1.165) is 31.7 Å². The SMILES string of the molecule is CCCNC(C)CCCCN1CCc2ccc(F)cc21. The highest BCUT2D eigenvalue weighted by Crippen LogP contribution is 2.28. The van der Waals surface area contributed by atoms with Crippen molar-refractivity contribution < 1.29 is 4.39 Å². The molecule has 1 atom stereocenters. The van der Waals surface area contributed by atoms with Crippen molar-refractivity contribution in [3.63, 3.8) is 0 Å². The van der Waals surface area contributed by atoms with Crippen LogP contribution < -0.4 is 10.2 Å². The summed E-state index contributed by atoms with van der Waals surface area (Å²) in [5, 5.41) is 3.52. The highest BCUT2D eigenvalue weighted by molar-refractivity contribution is 5.58. The van der Waals surface area contributed by atoms with E-state index in [-0.39, 0.29) is 5.82 Å². The zero-order valence-corrected chi connectivity index (χ0v) is 12.8. The van der Waals surface area contributed by atoms with Crippen LogP contribution in [0.15, 0.2) is 18.2 Å². The summed E-state index contributed by atoms with van der Waals surface area (Å²) in [6.45, 7) is 7.67. The molecule has 0 aromatic heterocycles. The van der Waals surface area contributed by atoms with Crippen molar-refractivity contribution in [1.82, 2.24) is 5.32 Å². The predicted octanol–water partition coefficient (Wildman–Crippen LogP) is 3.75. The Kier molecular flexibility index (Phi) is 5.84. The first-order valence-corrected chi connectivity index (χ1v) is 7.97. The third-order valence-electron chi connectivity index (χ3n) is 4.10. The molecular weight excluding hydrogens is 251 g/mol. The monoisotopic (exact) mass is 278 g/mol. The maximum absolute atomic E-state index is 13.3. The van der Waals surface area contributed by atoms with Gasteiger partial charge in [0.2, 0.25) is 0 Å². The van der Waals surface area contributed by atoms with Crippen LogP contribution in [0.25, 0.3) is 0 Å². The zero-order chi connectivity index (χ0) is 14.4. The molecule has 0 bridgehead atoms. The lowest BCUT2D eigenvalue weighted by molar-refractivity contribution is 0.489. The minimum Gasteiger partial charge on any atom is -0.371 e. The lowest BCUT2D eigenvalue weighted by Crippen LogP contribution is -2.27. The van der Waals surface area contributed by atoms with Gasteiger partial charge in [-0.25, -0.2) is 4.39 Å². The molecular formula is C17H27FN2. The van der Waals surface area contributed by atoms with Crippen LogP contribution >= 0.6 is 0 Å². The second kappa shape index (κ2) is 7.63. The number of nitrogens with one attached hydrogen (secondary N) is 1. The van der Waals surface area contributed by atoms with E-state index in [1.54, 1.807) is 12.1 Å². The standard InChI is InChI=1S/C17H27FN2/c1-3-10-19-14(2)6-4-5-11-20-12-9-15-7-8-16(18)13-17(15)20/h7-8,13-14,19H,3-6,9-12H2,1-2H3. The van der Waals surface area contributed by atoms with E-state index in [0.29, 0.717) is 6.04 Å². The van der Waals surface area contributed by atoms with Crippen LogP contribution in [0.5, 0.6) is 0 Å². The average molecular weight is 278 g/mol. The average Bonchev–Trinajstić information content (AvgIpc) is 2.83. The molecule has 1 aromatic rings. The van der Waals surface area contributed by atoms with Crippen LogP contribution in [0, 0.1) is 5.82 Å². The van der Waals surface area contributed by atoms with Gasteiger partial charge in [-0.3, -0.25) is 0 Å². The lowest BCUT2D eigenvalue weighted by atomic mass is 10.1. The summed E-state index contributed by atoms with van der Waals surface area (Å²) in [6, 6.07) is 5.80. The van der Waals surface area contributed by atoms with Gasteiger partial charge in [0.25, 0.3) is 0 Å². The van der Waals surface area contributed by atoms with Crippen LogP contribution in [0.3, 0.4) is 0 Å². The predicted molar refractivity (Wildman–Crippen MR) is 83.9 cm³/mol. The first-order chi connectivity index (χ1) is 9.70. The van der Waals surface area contributed by atoms with E-state index in [9.17, 15) is 4.39 Å². The highest BCUT2D eigenvalue weighted by Gasteiger charge is 2.18. The van der Waals surface area contributed by atoms with Crippen LogP contribution in [0.2, 0.25) is 0 Å². The summed E-state index contributed by atoms with van der Waals surface area (Å²) < 4.78 is 13.3. The van der Waals surface area contributed by atoms with E-state index in [1.165, 1.54) is 31.2 Å². The van der Waals surface area contributed by atoms with Gasteiger partial charge in [-0.15, -0.1) is 0 Å². The summed E-state index contributed by atoms with van der Waals surface area (Å²) in [6.07, 6.45) is 5.90. The Morgan fingerprint density at radius 2 is 2.20 bits per heavy atom. The lowest BCUT2D eigenvalue weighted by Gasteiger charge is -2.20. The molecule has 1 N–H and O–H groups in total.